The van der Waals surface area contributed by atoms with E-state index in [1.54, 1.807) is 35.2 Å². The average Bonchev–Trinajstić information content (AvgIpc) is 2.89. The molecular weight excluding hydrogens is 260 g/mol. The third-order valence-electron chi connectivity index (χ3n) is 2.88. The minimum atomic E-state index is -0.592. The van der Waals surface area contributed by atoms with Gasteiger partial charge in [0.2, 0.25) is 5.91 Å². The molecule has 0 radical (unpaired) electrons. The van der Waals surface area contributed by atoms with E-state index in [1.165, 1.54) is 0 Å². The van der Waals surface area contributed by atoms with Crippen molar-refractivity contribution in [2.24, 2.45) is 0 Å². The maximum atomic E-state index is 11.6. The maximum absolute atomic E-state index is 11.6. The number of rotatable bonds is 5. The lowest BCUT2D eigenvalue weighted by molar-refractivity contribution is -0.144. The molecule has 1 aromatic rings. The van der Waals surface area contributed by atoms with Gasteiger partial charge in [-0.1, -0.05) is 0 Å². The van der Waals surface area contributed by atoms with Crippen LogP contribution < -0.4 is 9.64 Å². The van der Waals surface area contributed by atoms with Crippen molar-refractivity contribution in [3.05, 3.63) is 24.3 Å². The van der Waals surface area contributed by atoms with Crippen LogP contribution >= 0.6 is 0 Å². The second-order valence-electron chi connectivity index (χ2n) is 4.25. The second kappa shape index (κ2) is 6.57. The number of nitrogens with zero attached hydrogens (tertiary/aromatic N) is 2. The van der Waals surface area contributed by atoms with E-state index < -0.39 is 5.97 Å². The van der Waals surface area contributed by atoms with Gasteiger partial charge in [-0.2, -0.15) is 5.26 Å². The first-order valence-electron chi connectivity index (χ1n) is 6.26. The number of hydrogen-bond donors (Lipinski definition) is 0. The number of carbonyl (C=O) groups excluding carboxylic acids is 2. The van der Waals surface area contributed by atoms with Gasteiger partial charge in [-0.25, -0.2) is 4.79 Å². The number of amides is 1. The van der Waals surface area contributed by atoms with Gasteiger partial charge in [-0.3, -0.25) is 4.79 Å². The molecule has 0 spiro atoms. The summed E-state index contributed by atoms with van der Waals surface area (Å²) in [7, 11) is 0. The molecule has 1 heterocycles. The molecule has 1 aliphatic heterocycles. The van der Waals surface area contributed by atoms with Crippen molar-refractivity contribution in [2.45, 2.75) is 12.8 Å². The number of nitriles is 1. The summed E-state index contributed by atoms with van der Waals surface area (Å²) < 4.78 is 9.78. The van der Waals surface area contributed by atoms with Crippen LogP contribution in [0.4, 0.5) is 5.69 Å². The van der Waals surface area contributed by atoms with Crippen LogP contribution in [-0.2, 0) is 14.3 Å². The topological polar surface area (TPSA) is 79.6 Å². The minimum absolute atomic E-state index is 0.124. The SMILES string of the molecule is N#CCOC(=O)COc1ccc(N2CCCC2=O)cc1. The van der Waals surface area contributed by atoms with E-state index >= 15 is 0 Å². The molecule has 0 saturated carbocycles. The summed E-state index contributed by atoms with van der Waals surface area (Å²) in [6, 6.07) is 8.64. The molecule has 20 heavy (non-hydrogen) atoms. The molecule has 104 valence electrons. The lowest BCUT2D eigenvalue weighted by Gasteiger charge is -2.15. The van der Waals surface area contributed by atoms with Gasteiger partial charge in [-0.05, 0) is 30.7 Å². The van der Waals surface area contributed by atoms with Crippen LogP contribution in [0.25, 0.3) is 0 Å². The zero-order valence-electron chi connectivity index (χ0n) is 10.9. The summed E-state index contributed by atoms with van der Waals surface area (Å²) in [6.45, 7) is 0.210. The van der Waals surface area contributed by atoms with Gasteiger partial charge < -0.3 is 14.4 Å². The van der Waals surface area contributed by atoms with Gasteiger partial charge in [-0.15, -0.1) is 0 Å². The number of anilines is 1. The van der Waals surface area contributed by atoms with Crippen LogP contribution in [0.2, 0.25) is 0 Å². The summed E-state index contributed by atoms with van der Waals surface area (Å²) in [5.41, 5.74) is 0.826. The molecule has 6 heteroatoms. The summed E-state index contributed by atoms with van der Waals surface area (Å²) >= 11 is 0. The molecule has 0 aromatic heterocycles. The molecule has 2 rings (SSSR count). The Kier molecular flexibility index (Phi) is 4.56. The molecule has 0 bridgehead atoms. The van der Waals surface area contributed by atoms with E-state index in [4.69, 9.17) is 10.00 Å². The Balaban J connectivity index is 1.87. The highest BCUT2D eigenvalue weighted by Gasteiger charge is 2.21. The monoisotopic (exact) mass is 274 g/mol. The summed E-state index contributed by atoms with van der Waals surface area (Å²) in [5, 5.41) is 8.26. The first kappa shape index (κ1) is 13.9. The molecule has 1 fully saturated rings. The Labute approximate surface area is 116 Å². The third-order valence-corrected chi connectivity index (χ3v) is 2.88. The zero-order chi connectivity index (χ0) is 14.4. The fourth-order valence-electron chi connectivity index (χ4n) is 1.94. The second-order valence-corrected chi connectivity index (χ2v) is 4.25. The van der Waals surface area contributed by atoms with E-state index in [1.807, 2.05) is 0 Å². The minimum Gasteiger partial charge on any atom is -0.482 e. The van der Waals surface area contributed by atoms with Gasteiger partial charge in [0.1, 0.15) is 11.8 Å². The van der Waals surface area contributed by atoms with Crippen molar-refractivity contribution in [3.8, 4) is 11.8 Å². The number of carbonyl (C=O) groups is 2. The van der Waals surface area contributed by atoms with Crippen molar-refractivity contribution in [1.29, 1.82) is 5.26 Å². The Bertz CT molecular complexity index is 533. The predicted octanol–water partition coefficient (Wildman–Crippen LogP) is 1.26. The van der Waals surface area contributed by atoms with Crippen LogP contribution in [-0.4, -0.2) is 31.6 Å². The molecule has 0 atom stereocenters. The number of ether oxygens (including phenoxy) is 2. The molecule has 0 aliphatic carbocycles. The number of esters is 1. The van der Waals surface area contributed by atoms with Crippen molar-refractivity contribution < 1.29 is 19.1 Å². The zero-order valence-corrected chi connectivity index (χ0v) is 10.9. The Hall–Kier alpha value is -2.55. The van der Waals surface area contributed by atoms with Crippen LogP contribution in [0.5, 0.6) is 5.75 Å². The quantitative estimate of drug-likeness (QED) is 0.755. The largest absolute Gasteiger partial charge is 0.482 e. The lowest BCUT2D eigenvalue weighted by Crippen LogP contribution is -2.23. The standard InChI is InChI=1S/C14H14N2O4/c15-7-9-19-14(18)10-20-12-5-3-11(4-6-12)16-8-1-2-13(16)17/h3-6H,1-2,8-10H2. The molecule has 6 nitrogen and oxygen atoms in total. The Morgan fingerprint density at radius 3 is 2.70 bits per heavy atom. The van der Waals surface area contributed by atoms with Gasteiger partial charge in [0.15, 0.2) is 13.2 Å². The molecule has 0 unspecified atom stereocenters. The summed E-state index contributed by atoms with van der Waals surface area (Å²) in [5.74, 6) is 0.0402. The normalized spacial score (nSPS) is 13.9. The lowest BCUT2D eigenvalue weighted by atomic mass is 10.3. The number of benzene rings is 1. The Morgan fingerprint density at radius 1 is 1.35 bits per heavy atom. The van der Waals surface area contributed by atoms with Crippen LogP contribution in [0.3, 0.4) is 0 Å². The van der Waals surface area contributed by atoms with E-state index in [0.717, 1.165) is 18.7 Å². The fourth-order valence-corrected chi connectivity index (χ4v) is 1.94. The summed E-state index contributed by atoms with van der Waals surface area (Å²) in [6.07, 6.45) is 1.46. The molecule has 0 N–H and O–H groups in total. The van der Waals surface area contributed by atoms with E-state index in [-0.39, 0.29) is 19.1 Å². The van der Waals surface area contributed by atoms with E-state index in [9.17, 15) is 9.59 Å². The smallest absolute Gasteiger partial charge is 0.345 e. The van der Waals surface area contributed by atoms with Crippen LogP contribution in [0.1, 0.15) is 12.8 Å². The molecule has 1 saturated heterocycles. The summed E-state index contributed by atoms with van der Waals surface area (Å²) in [4.78, 5) is 24.5. The van der Waals surface area contributed by atoms with Crippen molar-refractivity contribution in [1.82, 2.24) is 0 Å². The van der Waals surface area contributed by atoms with Gasteiger partial charge >= 0.3 is 5.97 Å². The van der Waals surface area contributed by atoms with E-state index in [0.29, 0.717) is 12.2 Å². The van der Waals surface area contributed by atoms with Crippen molar-refractivity contribution in [2.75, 3.05) is 24.7 Å². The molecule has 1 aromatic carbocycles. The Morgan fingerprint density at radius 2 is 2.10 bits per heavy atom. The average molecular weight is 274 g/mol. The van der Waals surface area contributed by atoms with Crippen LogP contribution in [0.15, 0.2) is 24.3 Å². The first-order valence-corrected chi connectivity index (χ1v) is 6.26. The van der Waals surface area contributed by atoms with Crippen LogP contribution in [0, 0.1) is 11.3 Å². The molecule has 1 aliphatic rings. The number of hydrogen-bond acceptors (Lipinski definition) is 5. The van der Waals surface area contributed by atoms with Gasteiger partial charge in [0.25, 0.3) is 0 Å². The van der Waals surface area contributed by atoms with Crippen molar-refractivity contribution in [3.63, 3.8) is 0 Å². The predicted molar refractivity (Wildman–Crippen MR) is 70.1 cm³/mol. The molecule has 1 amide bonds. The first-order chi connectivity index (χ1) is 9.70. The van der Waals surface area contributed by atoms with Gasteiger partial charge in [0, 0.05) is 18.7 Å². The maximum Gasteiger partial charge on any atom is 0.345 e. The molecular formula is C14H14N2O4. The highest BCUT2D eigenvalue weighted by Crippen LogP contribution is 2.23. The highest BCUT2D eigenvalue weighted by atomic mass is 16.6. The van der Waals surface area contributed by atoms with Gasteiger partial charge in [0.05, 0.1) is 0 Å². The van der Waals surface area contributed by atoms with Crippen molar-refractivity contribution >= 4 is 17.6 Å². The fraction of sp³-hybridized carbons (Fsp3) is 0.357. The highest BCUT2D eigenvalue weighted by molar-refractivity contribution is 5.95. The van der Waals surface area contributed by atoms with E-state index in [2.05, 4.69) is 4.74 Å². The third kappa shape index (κ3) is 3.48.